The zero-order valence-corrected chi connectivity index (χ0v) is 18.3. The van der Waals surface area contributed by atoms with E-state index in [1.807, 2.05) is 38.1 Å². The third-order valence-corrected chi connectivity index (χ3v) is 5.12. The zero-order valence-electron chi connectivity index (χ0n) is 16.8. The summed E-state index contributed by atoms with van der Waals surface area (Å²) in [4.78, 5) is 12.8. The molecule has 3 rings (SSSR count). The molecule has 0 saturated heterocycles. The Morgan fingerprint density at radius 1 is 0.967 bits per heavy atom. The van der Waals surface area contributed by atoms with Crippen LogP contribution in [-0.4, -0.2) is 12.5 Å². The summed E-state index contributed by atoms with van der Waals surface area (Å²) in [6.07, 6.45) is 0. The summed E-state index contributed by atoms with van der Waals surface area (Å²) in [6.45, 7) is 4.58. The van der Waals surface area contributed by atoms with Crippen LogP contribution >= 0.6 is 23.2 Å². The summed E-state index contributed by atoms with van der Waals surface area (Å²) in [7, 11) is 0. The predicted octanol–water partition coefficient (Wildman–Crippen LogP) is 6.46. The fraction of sp³-hybridized carbons (Fsp3) is 0.208. The molecule has 0 unspecified atom stereocenters. The van der Waals surface area contributed by atoms with Gasteiger partial charge in [0.2, 0.25) is 0 Å². The number of carbonyl (C=O) groups is 1. The first-order chi connectivity index (χ1) is 14.5. The van der Waals surface area contributed by atoms with E-state index in [1.54, 1.807) is 42.5 Å². The van der Waals surface area contributed by atoms with Crippen molar-refractivity contribution in [3.8, 4) is 11.5 Å². The SMILES string of the molecule is CCOc1ccc(C(=O)N[C@@H](C)c2ccc(Cl)cc2)cc1COc1ccccc1Cl. The molecule has 156 valence electrons. The number of para-hydroxylation sites is 1. The second-order valence-electron chi connectivity index (χ2n) is 6.72. The Labute approximate surface area is 186 Å². The average Bonchev–Trinajstić information content (AvgIpc) is 2.74. The standard InChI is InChI=1S/C24H23Cl2NO3/c1-3-29-22-13-10-18(14-19(22)15-30-23-7-5-4-6-21(23)26)24(28)27-16(2)17-8-11-20(25)12-9-17/h4-14,16H,3,15H2,1-2H3,(H,27,28)/t16-/m0/s1. The normalized spacial score (nSPS) is 11.6. The van der Waals surface area contributed by atoms with Crippen LogP contribution in [0, 0.1) is 0 Å². The summed E-state index contributed by atoms with van der Waals surface area (Å²) >= 11 is 12.1. The molecule has 1 N–H and O–H groups in total. The first-order valence-electron chi connectivity index (χ1n) is 9.67. The highest BCUT2D eigenvalue weighted by Gasteiger charge is 2.15. The fourth-order valence-corrected chi connectivity index (χ4v) is 3.28. The third kappa shape index (κ3) is 5.68. The molecule has 30 heavy (non-hydrogen) atoms. The Kier molecular flexibility index (Phi) is 7.61. The zero-order chi connectivity index (χ0) is 21.5. The van der Waals surface area contributed by atoms with Gasteiger partial charge in [-0.25, -0.2) is 0 Å². The van der Waals surface area contributed by atoms with Gasteiger partial charge in [0.05, 0.1) is 17.7 Å². The topological polar surface area (TPSA) is 47.6 Å². The lowest BCUT2D eigenvalue weighted by molar-refractivity contribution is 0.0939. The third-order valence-electron chi connectivity index (χ3n) is 4.56. The fourth-order valence-electron chi connectivity index (χ4n) is 2.96. The molecular formula is C24H23Cl2NO3. The molecule has 0 radical (unpaired) electrons. The Morgan fingerprint density at radius 3 is 2.40 bits per heavy atom. The molecule has 1 amide bonds. The van der Waals surface area contributed by atoms with Crippen LogP contribution in [0.1, 0.15) is 41.4 Å². The van der Waals surface area contributed by atoms with Crippen molar-refractivity contribution in [3.63, 3.8) is 0 Å². The van der Waals surface area contributed by atoms with E-state index >= 15 is 0 Å². The molecule has 0 bridgehead atoms. The van der Waals surface area contributed by atoms with Crippen LogP contribution in [0.15, 0.2) is 66.7 Å². The van der Waals surface area contributed by atoms with E-state index in [9.17, 15) is 4.79 Å². The molecule has 0 aromatic heterocycles. The summed E-state index contributed by atoms with van der Waals surface area (Å²) in [5, 5.41) is 4.20. The minimum absolute atomic E-state index is 0.163. The van der Waals surface area contributed by atoms with Crippen LogP contribution in [-0.2, 0) is 6.61 Å². The molecule has 0 heterocycles. The van der Waals surface area contributed by atoms with Gasteiger partial charge >= 0.3 is 0 Å². The Bertz CT molecular complexity index is 1010. The number of amides is 1. The lowest BCUT2D eigenvalue weighted by Gasteiger charge is -2.16. The lowest BCUT2D eigenvalue weighted by Crippen LogP contribution is -2.26. The van der Waals surface area contributed by atoms with Crippen LogP contribution in [0.4, 0.5) is 0 Å². The summed E-state index contributed by atoms with van der Waals surface area (Å²) < 4.78 is 11.5. The average molecular weight is 444 g/mol. The molecule has 3 aromatic rings. The number of hydrogen-bond donors (Lipinski definition) is 1. The molecular weight excluding hydrogens is 421 g/mol. The molecule has 0 saturated carbocycles. The van der Waals surface area contributed by atoms with Gasteiger partial charge in [-0.05, 0) is 61.9 Å². The number of nitrogens with one attached hydrogen (secondary N) is 1. The largest absolute Gasteiger partial charge is 0.493 e. The van der Waals surface area contributed by atoms with Crippen molar-refractivity contribution in [3.05, 3.63) is 93.5 Å². The van der Waals surface area contributed by atoms with Gasteiger partial charge in [0, 0.05) is 16.1 Å². The van der Waals surface area contributed by atoms with Gasteiger partial charge in [-0.1, -0.05) is 47.5 Å². The van der Waals surface area contributed by atoms with E-state index in [1.165, 1.54) is 0 Å². The van der Waals surface area contributed by atoms with Crippen LogP contribution in [0.3, 0.4) is 0 Å². The number of hydrogen-bond acceptors (Lipinski definition) is 3. The van der Waals surface area contributed by atoms with Crippen molar-refractivity contribution in [2.75, 3.05) is 6.61 Å². The van der Waals surface area contributed by atoms with Gasteiger partial charge in [-0.15, -0.1) is 0 Å². The van der Waals surface area contributed by atoms with Gasteiger partial charge in [0.25, 0.3) is 5.91 Å². The smallest absolute Gasteiger partial charge is 0.251 e. The number of ether oxygens (including phenoxy) is 2. The summed E-state index contributed by atoms with van der Waals surface area (Å²) in [5.41, 5.74) is 2.27. The van der Waals surface area contributed by atoms with Crippen molar-refractivity contribution >= 4 is 29.1 Å². The maximum Gasteiger partial charge on any atom is 0.251 e. The Hall–Kier alpha value is -2.69. The maximum atomic E-state index is 12.8. The van der Waals surface area contributed by atoms with Gasteiger partial charge in [-0.3, -0.25) is 4.79 Å². The van der Waals surface area contributed by atoms with Gasteiger partial charge in [0.1, 0.15) is 18.1 Å². The molecule has 0 fully saturated rings. The van der Waals surface area contributed by atoms with Crippen LogP contribution in [0.5, 0.6) is 11.5 Å². The van der Waals surface area contributed by atoms with Crippen molar-refractivity contribution < 1.29 is 14.3 Å². The number of benzene rings is 3. The van der Waals surface area contributed by atoms with Crippen LogP contribution in [0.25, 0.3) is 0 Å². The van der Waals surface area contributed by atoms with Crippen molar-refractivity contribution in [1.29, 1.82) is 0 Å². The number of halogens is 2. The van der Waals surface area contributed by atoms with Gasteiger partial charge in [0.15, 0.2) is 0 Å². The first-order valence-corrected chi connectivity index (χ1v) is 10.4. The van der Waals surface area contributed by atoms with E-state index in [-0.39, 0.29) is 18.6 Å². The molecule has 6 heteroatoms. The molecule has 0 spiro atoms. The minimum Gasteiger partial charge on any atom is -0.493 e. The van der Waals surface area contributed by atoms with Crippen molar-refractivity contribution in [1.82, 2.24) is 5.32 Å². The highest BCUT2D eigenvalue weighted by Crippen LogP contribution is 2.27. The van der Waals surface area contributed by atoms with E-state index < -0.39 is 0 Å². The molecule has 0 aliphatic carbocycles. The molecule has 1 atom stereocenters. The van der Waals surface area contributed by atoms with Crippen molar-refractivity contribution in [2.45, 2.75) is 26.5 Å². The molecule has 4 nitrogen and oxygen atoms in total. The monoisotopic (exact) mass is 443 g/mol. The van der Waals surface area contributed by atoms with E-state index in [0.717, 1.165) is 11.1 Å². The summed E-state index contributed by atoms with van der Waals surface area (Å²) in [6, 6.07) is 19.8. The van der Waals surface area contributed by atoms with Crippen LogP contribution < -0.4 is 14.8 Å². The highest BCUT2D eigenvalue weighted by molar-refractivity contribution is 6.32. The van der Waals surface area contributed by atoms with E-state index in [2.05, 4.69) is 5.32 Å². The minimum atomic E-state index is -0.181. The quantitative estimate of drug-likeness (QED) is 0.434. The molecule has 3 aromatic carbocycles. The highest BCUT2D eigenvalue weighted by atomic mass is 35.5. The van der Waals surface area contributed by atoms with Crippen LogP contribution in [0.2, 0.25) is 10.0 Å². The number of rotatable bonds is 8. The van der Waals surface area contributed by atoms with Crippen molar-refractivity contribution in [2.24, 2.45) is 0 Å². The lowest BCUT2D eigenvalue weighted by atomic mass is 10.1. The van der Waals surface area contributed by atoms with E-state index in [4.69, 9.17) is 32.7 Å². The first kappa shape index (κ1) is 22.0. The Morgan fingerprint density at radius 2 is 1.70 bits per heavy atom. The number of carbonyl (C=O) groups excluding carboxylic acids is 1. The van der Waals surface area contributed by atoms with Gasteiger partial charge in [-0.2, -0.15) is 0 Å². The molecule has 0 aliphatic rings. The second-order valence-corrected chi connectivity index (χ2v) is 7.56. The van der Waals surface area contributed by atoms with Gasteiger partial charge < -0.3 is 14.8 Å². The predicted molar refractivity (Wildman–Crippen MR) is 121 cm³/mol. The molecule has 0 aliphatic heterocycles. The van der Waals surface area contributed by atoms with E-state index in [0.29, 0.717) is 33.7 Å². The summed E-state index contributed by atoms with van der Waals surface area (Å²) in [5.74, 6) is 1.07. The Balaban J connectivity index is 1.76. The second kappa shape index (κ2) is 10.4. The maximum absolute atomic E-state index is 12.8.